The van der Waals surface area contributed by atoms with Crippen LogP contribution in [0.5, 0.6) is 0 Å². The average Bonchev–Trinajstić information content (AvgIpc) is 3.48. The second-order valence-corrected chi connectivity index (χ2v) is 16.0. The van der Waals surface area contributed by atoms with Crippen molar-refractivity contribution in [3.05, 3.63) is 173 Å². The van der Waals surface area contributed by atoms with Crippen LogP contribution in [0.3, 0.4) is 0 Å². The van der Waals surface area contributed by atoms with Gasteiger partial charge >= 0.3 is 0 Å². The number of aryl methyl sites for hydroxylation is 2. The van der Waals surface area contributed by atoms with E-state index in [9.17, 15) is 0 Å². The van der Waals surface area contributed by atoms with Gasteiger partial charge in [-0.3, -0.25) is 4.98 Å². The van der Waals surface area contributed by atoms with Gasteiger partial charge < -0.3 is 0 Å². The van der Waals surface area contributed by atoms with Crippen molar-refractivity contribution >= 4 is 0 Å². The zero-order chi connectivity index (χ0) is 36.8. The summed E-state index contributed by atoms with van der Waals surface area (Å²) >= 11 is 0. The van der Waals surface area contributed by atoms with E-state index in [1.165, 1.54) is 86.9 Å². The van der Waals surface area contributed by atoms with Gasteiger partial charge in [-0.25, -0.2) is 0 Å². The number of benzene rings is 5. The van der Waals surface area contributed by atoms with Gasteiger partial charge in [-0.05, 0) is 123 Å². The van der Waals surface area contributed by atoms with E-state index in [1.807, 2.05) is 18.3 Å². The minimum absolute atomic E-state index is 0.164. The Balaban J connectivity index is 1.18. The molecule has 0 aliphatic heterocycles. The monoisotopic (exact) mass is 695 g/mol. The SMILES string of the molecule is CCCCCCc1cccc(C2(CCCCc3ccc(-c4cccc(-c5ccccn5)c4)cc3)c3cc(C(C)C)ccc3-c3ccc(C(C)C)cc32)c1. The Labute approximate surface area is 319 Å². The molecule has 270 valence electrons. The van der Waals surface area contributed by atoms with Crippen LogP contribution in [0.25, 0.3) is 33.5 Å². The van der Waals surface area contributed by atoms with Crippen LogP contribution in [0.2, 0.25) is 0 Å². The Morgan fingerprint density at radius 2 is 1.17 bits per heavy atom. The third-order valence-corrected chi connectivity index (χ3v) is 11.7. The third kappa shape index (κ3) is 7.82. The Kier molecular flexibility index (Phi) is 11.4. The van der Waals surface area contributed by atoms with Crippen molar-refractivity contribution in [2.45, 2.75) is 110 Å². The van der Waals surface area contributed by atoms with Crippen LogP contribution in [0, 0.1) is 0 Å². The molecule has 1 aromatic heterocycles. The maximum absolute atomic E-state index is 4.56. The summed E-state index contributed by atoms with van der Waals surface area (Å²) < 4.78 is 0. The third-order valence-electron chi connectivity index (χ3n) is 11.7. The quantitative estimate of drug-likeness (QED) is 0.0975. The van der Waals surface area contributed by atoms with Gasteiger partial charge in [0.25, 0.3) is 0 Å². The van der Waals surface area contributed by atoms with Crippen molar-refractivity contribution < 1.29 is 0 Å². The first-order valence-electron chi connectivity index (χ1n) is 20.4. The molecule has 1 heterocycles. The normalized spacial score (nSPS) is 13.0. The lowest BCUT2D eigenvalue weighted by Gasteiger charge is -2.34. The second-order valence-electron chi connectivity index (χ2n) is 16.0. The largest absolute Gasteiger partial charge is 0.256 e. The zero-order valence-electron chi connectivity index (χ0n) is 32.7. The van der Waals surface area contributed by atoms with E-state index < -0.39 is 0 Å². The highest BCUT2D eigenvalue weighted by atomic mass is 14.7. The van der Waals surface area contributed by atoms with E-state index >= 15 is 0 Å². The van der Waals surface area contributed by atoms with Gasteiger partial charge in [-0.1, -0.05) is 169 Å². The average molecular weight is 696 g/mol. The number of hydrogen-bond acceptors (Lipinski definition) is 1. The highest BCUT2D eigenvalue weighted by molar-refractivity contribution is 5.84. The lowest BCUT2D eigenvalue weighted by atomic mass is 9.68. The van der Waals surface area contributed by atoms with Crippen LogP contribution < -0.4 is 0 Å². The van der Waals surface area contributed by atoms with Crippen molar-refractivity contribution in [2.75, 3.05) is 0 Å². The molecule has 0 radical (unpaired) electrons. The molecule has 0 saturated heterocycles. The Hall–Kier alpha value is -4.75. The standard InChI is InChI=1S/C52H57N/c1-6-7-8-9-17-40-18-14-21-46(33-40)52(49-35-42(37(2)3)27-29-47(49)48-30-28-43(38(4)5)36-50(48)52)31-12-10-16-39-23-25-41(26-24-39)44-19-15-20-45(34-44)51-22-11-13-32-53-51/h11,13-15,18-30,32-38H,6-10,12,16-17,31H2,1-5H3. The molecular weight excluding hydrogens is 639 g/mol. The van der Waals surface area contributed by atoms with Crippen molar-refractivity contribution in [1.29, 1.82) is 0 Å². The van der Waals surface area contributed by atoms with Crippen molar-refractivity contribution in [3.63, 3.8) is 0 Å². The predicted octanol–water partition coefficient (Wildman–Crippen LogP) is 14.5. The molecule has 1 heteroatoms. The molecule has 0 spiro atoms. The predicted molar refractivity (Wildman–Crippen MR) is 227 cm³/mol. The molecule has 0 saturated carbocycles. The topological polar surface area (TPSA) is 12.9 Å². The summed E-state index contributed by atoms with van der Waals surface area (Å²) in [6, 6.07) is 48.6. The summed E-state index contributed by atoms with van der Waals surface area (Å²) in [7, 11) is 0. The zero-order valence-corrected chi connectivity index (χ0v) is 32.7. The van der Waals surface area contributed by atoms with Gasteiger partial charge in [0.05, 0.1) is 5.69 Å². The Bertz CT molecular complexity index is 2060. The number of aromatic nitrogens is 1. The van der Waals surface area contributed by atoms with Gasteiger partial charge in [0, 0.05) is 17.2 Å². The van der Waals surface area contributed by atoms with Crippen molar-refractivity contribution in [1.82, 2.24) is 4.98 Å². The summed E-state index contributed by atoms with van der Waals surface area (Å²) in [5.41, 5.74) is 17.6. The number of pyridine rings is 1. The van der Waals surface area contributed by atoms with Crippen LogP contribution in [-0.4, -0.2) is 4.98 Å². The van der Waals surface area contributed by atoms with E-state index in [4.69, 9.17) is 0 Å². The highest BCUT2D eigenvalue weighted by Crippen LogP contribution is 2.56. The first kappa shape index (κ1) is 36.6. The summed E-state index contributed by atoms with van der Waals surface area (Å²) in [5.74, 6) is 0.969. The van der Waals surface area contributed by atoms with E-state index in [0.29, 0.717) is 11.8 Å². The van der Waals surface area contributed by atoms with Crippen LogP contribution in [0.15, 0.2) is 134 Å². The lowest BCUT2D eigenvalue weighted by molar-refractivity contribution is 0.525. The summed E-state index contributed by atoms with van der Waals surface area (Å²) in [6.07, 6.45) is 12.7. The molecular formula is C52H57N. The fraction of sp³-hybridized carbons (Fsp3) is 0.327. The fourth-order valence-electron chi connectivity index (χ4n) is 8.61. The van der Waals surface area contributed by atoms with Crippen LogP contribution in [-0.2, 0) is 18.3 Å². The van der Waals surface area contributed by atoms with Crippen molar-refractivity contribution in [2.24, 2.45) is 0 Å². The van der Waals surface area contributed by atoms with Gasteiger partial charge in [0.1, 0.15) is 0 Å². The Morgan fingerprint density at radius 1 is 0.509 bits per heavy atom. The first-order chi connectivity index (χ1) is 25.9. The number of hydrogen-bond donors (Lipinski definition) is 0. The smallest absolute Gasteiger partial charge is 0.0702 e. The summed E-state index contributed by atoms with van der Waals surface area (Å²) in [4.78, 5) is 4.56. The molecule has 0 unspecified atom stereocenters. The lowest BCUT2D eigenvalue weighted by Crippen LogP contribution is -2.28. The van der Waals surface area contributed by atoms with Crippen LogP contribution in [0.1, 0.15) is 130 Å². The van der Waals surface area contributed by atoms with Gasteiger partial charge in [-0.15, -0.1) is 0 Å². The molecule has 7 rings (SSSR count). The first-order valence-corrected chi connectivity index (χ1v) is 20.4. The maximum Gasteiger partial charge on any atom is 0.0702 e. The molecule has 53 heavy (non-hydrogen) atoms. The van der Waals surface area contributed by atoms with Gasteiger partial charge in [0.2, 0.25) is 0 Å². The molecule has 0 atom stereocenters. The van der Waals surface area contributed by atoms with Gasteiger partial charge in [-0.2, -0.15) is 0 Å². The molecule has 1 nitrogen and oxygen atoms in total. The minimum atomic E-state index is -0.164. The molecule has 0 fully saturated rings. The van der Waals surface area contributed by atoms with Crippen LogP contribution in [0.4, 0.5) is 0 Å². The number of fused-ring (bicyclic) bond motifs is 3. The molecule has 1 aliphatic rings. The maximum atomic E-state index is 4.56. The number of rotatable bonds is 15. The minimum Gasteiger partial charge on any atom is -0.256 e. The molecule has 6 aromatic rings. The molecule has 0 N–H and O–H groups in total. The molecule has 5 aromatic carbocycles. The van der Waals surface area contributed by atoms with E-state index in [-0.39, 0.29) is 5.41 Å². The van der Waals surface area contributed by atoms with E-state index in [1.54, 1.807) is 0 Å². The van der Waals surface area contributed by atoms with Crippen molar-refractivity contribution in [3.8, 4) is 33.5 Å². The molecule has 0 amide bonds. The van der Waals surface area contributed by atoms with E-state index in [2.05, 4.69) is 155 Å². The molecule has 1 aliphatic carbocycles. The van der Waals surface area contributed by atoms with Crippen LogP contribution >= 0.6 is 0 Å². The highest BCUT2D eigenvalue weighted by Gasteiger charge is 2.44. The number of unbranched alkanes of at least 4 members (excludes halogenated alkanes) is 4. The van der Waals surface area contributed by atoms with E-state index in [0.717, 1.165) is 43.4 Å². The van der Waals surface area contributed by atoms with Gasteiger partial charge in [0.15, 0.2) is 0 Å². The molecule has 0 bridgehead atoms. The summed E-state index contributed by atoms with van der Waals surface area (Å²) in [5, 5.41) is 0. The second kappa shape index (κ2) is 16.5. The Morgan fingerprint density at radius 3 is 1.83 bits per heavy atom. The summed E-state index contributed by atoms with van der Waals surface area (Å²) in [6.45, 7) is 11.6. The fourth-order valence-corrected chi connectivity index (χ4v) is 8.61. The number of nitrogens with zero attached hydrogens (tertiary/aromatic N) is 1.